The number of benzene rings is 3. The summed E-state index contributed by atoms with van der Waals surface area (Å²) >= 11 is 3.46. The third-order valence-corrected chi connectivity index (χ3v) is 7.01. The fraction of sp³-hybridized carbons (Fsp3) is 0.143. The van der Waals surface area contributed by atoms with Crippen molar-refractivity contribution in [3.63, 3.8) is 0 Å². The molecule has 4 aromatic rings. The minimum atomic E-state index is -0.606. The number of halogens is 2. The molecule has 186 valence electrons. The predicted molar refractivity (Wildman–Crippen MR) is 144 cm³/mol. The predicted octanol–water partition coefficient (Wildman–Crippen LogP) is 5.85. The molecule has 3 heterocycles. The summed E-state index contributed by atoms with van der Waals surface area (Å²) < 4.78 is 22.4. The summed E-state index contributed by atoms with van der Waals surface area (Å²) in [6.07, 6.45) is 1.93. The SMILES string of the molecule is C=C1Nc2ccc(CCN3C(=O)COC3c3cn(-c4ccc(Br)cc4)nc3-c3ccc(F)cc3)cc2N1. The molecule has 2 aliphatic rings. The summed E-state index contributed by atoms with van der Waals surface area (Å²) in [6.45, 7) is 4.37. The molecule has 1 atom stereocenters. The number of hydrogen-bond acceptors (Lipinski definition) is 5. The van der Waals surface area contributed by atoms with E-state index in [0.717, 1.165) is 44.0 Å². The van der Waals surface area contributed by atoms with Gasteiger partial charge in [0.05, 0.1) is 17.1 Å². The van der Waals surface area contributed by atoms with Gasteiger partial charge in [-0.2, -0.15) is 5.10 Å². The van der Waals surface area contributed by atoms with Crippen molar-refractivity contribution in [3.05, 3.63) is 107 Å². The molecule has 1 aromatic heterocycles. The molecule has 3 aromatic carbocycles. The highest BCUT2D eigenvalue weighted by molar-refractivity contribution is 9.10. The molecular weight excluding hydrogens is 537 g/mol. The van der Waals surface area contributed by atoms with Gasteiger partial charge in [0.25, 0.3) is 5.91 Å². The molecule has 37 heavy (non-hydrogen) atoms. The highest BCUT2D eigenvalue weighted by Crippen LogP contribution is 2.36. The third kappa shape index (κ3) is 4.63. The number of nitrogens with zero attached hydrogens (tertiary/aromatic N) is 3. The van der Waals surface area contributed by atoms with Gasteiger partial charge in [0, 0.05) is 28.3 Å². The van der Waals surface area contributed by atoms with Crippen molar-refractivity contribution in [2.24, 2.45) is 0 Å². The summed E-state index contributed by atoms with van der Waals surface area (Å²) in [5.41, 5.74) is 6.02. The average molecular weight is 560 g/mol. The molecule has 1 saturated heterocycles. The molecule has 0 saturated carbocycles. The van der Waals surface area contributed by atoms with Crippen LogP contribution in [-0.2, 0) is 16.0 Å². The van der Waals surface area contributed by atoms with E-state index in [0.29, 0.717) is 18.7 Å². The number of aromatic nitrogens is 2. The van der Waals surface area contributed by atoms with Gasteiger partial charge in [0.2, 0.25) is 0 Å². The van der Waals surface area contributed by atoms with E-state index in [2.05, 4.69) is 39.2 Å². The molecule has 1 amide bonds. The number of rotatable bonds is 6. The van der Waals surface area contributed by atoms with Crippen molar-refractivity contribution in [2.75, 3.05) is 23.8 Å². The topological polar surface area (TPSA) is 71.4 Å². The number of anilines is 2. The Hall–Kier alpha value is -3.95. The number of hydrogen-bond donors (Lipinski definition) is 2. The van der Waals surface area contributed by atoms with Crippen LogP contribution in [0.3, 0.4) is 0 Å². The lowest BCUT2D eigenvalue weighted by molar-refractivity contribution is -0.128. The largest absolute Gasteiger partial charge is 0.344 e. The van der Waals surface area contributed by atoms with E-state index in [9.17, 15) is 9.18 Å². The molecule has 0 bridgehead atoms. The fourth-order valence-electron chi connectivity index (χ4n) is 4.64. The lowest BCUT2D eigenvalue weighted by Gasteiger charge is -2.23. The monoisotopic (exact) mass is 559 g/mol. The number of nitrogens with one attached hydrogen (secondary N) is 2. The maximum absolute atomic E-state index is 13.7. The smallest absolute Gasteiger partial charge is 0.250 e. The summed E-state index contributed by atoms with van der Waals surface area (Å²) in [4.78, 5) is 14.6. The Bertz CT molecular complexity index is 1500. The lowest BCUT2D eigenvalue weighted by Crippen LogP contribution is -2.30. The molecule has 7 nitrogen and oxygen atoms in total. The van der Waals surface area contributed by atoms with Crippen molar-refractivity contribution in [1.29, 1.82) is 0 Å². The van der Waals surface area contributed by atoms with E-state index in [1.165, 1.54) is 12.1 Å². The van der Waals surface area contributed by atoms with Gasteiger partial charge >= 0.3 is 0 Å². The van der Waals surface area contributed by atoms with E-state index in [1.54, 1.807) is 21.7 Å². The molecule has 0 spiro atoms. The number of ether oxygens (including phenoxy) is 1. The van der Waals surface area contributed by atoms with E-state index in [4.69, 9.17) is 9.84 Å². The second-order valence-electron chi connectivity index (χ2n) is 8.97. The van der Waals surface area contributed by atoms with E-state index >= 15 is 0 Å². The zero-order valence-corrected chi connectivity index (χ0v) is 21.3. The first-order valence-electron chi connectivity index (χ1n) is 11.8. The maximum Gasteiger partial charge on any atom is 0.250 e. The molecule has 0 aliphatic carbocycles. The van der Waals surface area contributed by atoms with Gasteiger partial charge in [-0.05, 0) is 72.6 Å². The van der Waals surface area contributed by atoms with Gasteiger partial charge in [0.15, 0.2) is 6.23 Å². The Balaban J connectivity index is 1.32. The zero-order valence-electron chi connectivity index (χ0n) is 19.7. The van der Waals surface area contributed by atoms with Gasteiger partial charge in [0.1, 0.15) is 23.9 Å². The third-order valence-electron chi connectivity index (χ3n) is 6.48. The molecule has 9 heteroatoms. The summed E-state index contributed by atoms with van der Waals surface area (Å²) in [5.74, 6) is 0.335. The molecule has 2 N–H and O–H groups in total. The Kier molecular flexibility index (Phi) is 6.02. The van der Waals surface area contributed by atoms with Crippen LogP contribution >= 0.6 is 15.9 Å². The molecule has 6 rings (SSSR count). The van der Waals surface area contributed by atoms with Gasteiger partial charge in [-0.3, -0.25) is 4.79 Å². The Labute approximate surface area is 221 Å². The standard InChI is InChI=1S/C28H23BrFN5O2/c1-17-31-24-11-2-18(14-25(24)32-17)12-13-34-26(36)16-37-28(34)23-15-35(22-9-5-20(29)6-10-22)33-27(23)19-3-7-21(30)8-4-19/h2-11,14-15,28,31-32H,1,12-13,16H2. The normalized spacial score (nSPS) is 16.6. The number of fused-ring (bicyclic) bond motifs is 1. The number of amides is 1. The molecule has 0 radical (unpaired) electrons. The van der Waals surface area contributed by atoms with Gasteiger partial charge in [-0.1, -0.05) is 28.6 Å². The van der Waals surface area contributed by atoms with E-state index in [-0.39, 0.29) is 18.3 Å². The van der Waals surface area contributed by atoms with Crippen molar-refractivity contribution in [2.45, 2.75) is 12.6 Å². The Morgan fingerprint density at radius 3 is 2.59 bits per heavy atom. The van der Waals surface area contributed by atoms with Crippen LogP contribution < -0.4 is 10.6 Å². The van der Waals surface area contributed by atoms with Crippen LogP contribution in [0.15, 0.2) is 89.8 Å². The Morgan fingerprint density at radius 1 is 1.05 bits per heavy atom. The van der Waals surface area contributed by atoms with Crippen LogP contribution in [0.1, 0.15) is 17.4 Å². The van der Waals surface area contributed by atoms with Crippen molar-refractivity contribution < 1.29 is 13.9 Å². The maximum atomic E-state index is 13.7. The summed E-state index contributed by atoms with van der Waals surface area (Å²) in [5, 5.41) is 11.2. The van der Waals surface area contributed by atoms with E-state index < -0.39 is 6.23 Å². The minimum absolute atomic E-state index is 0.00746. The van der Waals surface area contributed by atoms with Crippen LogP contribution in [0, 0.1) is 5.82 Å². The molecule has 1 unspecified atom stereocenters. The van der Waals surface area contributed by atoms with Crippen LogP contribution in [-0.4, -0.2) is 33.7 Å². The summed E-state index contributed by atoms with van der Waals surface area (Å²) in [7, 11) is 0. The second-order valence-corrected chi connectivity index (χ2v) is 9.89. The van der Waals surface area contributed by atoms with E-state index in [1.807, 2.05) is 42.6 Å². The van der Waals surface area contributed by atoms with Gasteiger partial charge < -0.3 is 20.3 Å². The van der Waals surface area contributed by atoms with Crippen molar-refractivity contribution >= 4 is 33.2 Å². The van der Waals surface area contributed by atoms with Gasteiger partial charge in [-0.25, -0.2) is 9.07 Å². The first-order chi connectivity index (χ1) is 17.9. The second kappa shape index (κ2) is 9.49. The molecule has 2 aliphatic heterocycles. The summed E-state index contributed by atoms with van der Waals surface area (Å²) in [6, 6.07) is 20.1. The molecule has 1 fully saturated rings. The number of carbonyl (C=O) groups excluding carboxylic acids is 1. The first kappa shape index (κ1) is 23.4. The molecular formula is C28H23BrFN5O2. The van der Waals surface area contributed by atoms with Crippen LogP contribution in [0.5, 0.6) is 0 Å². The first-order valence-corrected chi connectivity index (χ1v) is 12.6. The average Bonchev–Trinajstić information content (AvgIpc) is 3.59. The highest BCUT2D eigenvalue weighted by Gasteiger charge is 2.36. The fourth-order valence-corrected chi connectivity index (χ4v) is 4.91. The lowest BCUT2D eigenvalue weighted by atomic mass is 10.1. The highest BCUT2D eigenvalue weighted by atomic mass is 79.9. The number of carbonyl (C=O) groups is 1. The Morgan fingerprint density at radius 2 is 1.81 bits per heavy atom. The van der Waals surface area contributed by atoms with Crippen LogP contribution in [0.2, 0.25) is 0 Å². The van der Waals surface area contributed by atoms with Crippen LogP contribution in [0.25, 0.3) is 16.9 Å². The van der Waals surface area contributed by atoms with Gasteiger partial charge in [-0.15, -0.1) is 0 Å². The zero-order chi connectivity index (χ0) is 25.5. The van der Waals surface area contributed by atoms with Crippen LogP contribution in [0.4, 0.5) is 15.8 Å². The van der Waals surface area contributed by atoms with Crippen molar-refractivity contribution in [3.8, 4) is 16.9 Å². The van der Waals surface area contributed by atoms with Crippen molar-refractivity contribution in [1.82, 2.24) is 14.7 Å². The quantitative estimate of drug-likeness (QED) is 0.310. The minimum Gasteiger partial charge on any atom is -0.344 e.